The summed E-state index contributed by atoms with van der Waals surface area (Å²) >= 11 is 0. The van der Waals surface area contributed by atoms with Gasteiger partial charge in [-0.1, -0.05) is 0 Å². The molecule has 0 saturated heterocycles. The first kappa shape index (κ1) is 15.1. The largest absolute Gasteiger partial charge is 0.388 e. The van der Waals surface area contributed by atoms with Crippen LogP contribution in [-0.4, -0.2) is 27.0 Å². The Hall–Kier alpha value is -3.41. The summed E-state index contributed by atoms with van der Waals surface area (Å²) in [7, 11) is 1.91. The maximum Gasteiger partial charge on any atom is 0.228 e. The lowest BCUT2D eigenvalue weighted by atomic mass is 10.1. The average Bonchev–Trinajstić information content (AvgIpc) is 3.12. The van der Waals surface area contributed by atoms with Crippen LogP contribution < -0.4 is 10.6 Å². The highest BCUT2D eigenvalue weighted by Gasteiger charge is 2.12. The fourth-order valence-electron chi connectivity index (χ4n) is 2.79. The normalized spacial score (nSPS) is 10.8. The van der Waals surface area contributed by atoms with Gasteiger partial charge in [0.2, 0.25) is 5.95 Å². The van der Waals surface area contributed by atoms with E-state index in [4.69, 9.17) is 4.98 Å². The smallest absolute Gasteiger partial charge is 0.228 e. The Labute approximate surface area is 145 Å². The molecule has 4 aromatic rings. The van der Waals surface area contributed by atoms with E-state index in [0.29, 0.717) is 5.95 Å². The summed E-state index contributed by atoms with van der Waals surface area (Å²) in [5, 5.41) is 6.47. The van der Waals surface area contributed by atoms with Crippen molar-refractivity contribution in [3.63, 3.8) is 0 Å². The van der Waals surface area contributed by atoms with Gasteiger partial charge < -0.3 is 15.6 Å². The third-order valence-corrected chi connectivity index (χ3v) is 4.10. The van der Waals surface area contributed by atoms with Gasteiger partial charge in [-0.2, -0.15) is 0 Å². The van der Waals surface area contributed by atoms with Crippen LogP contribution in [-0.2, 0) is 0 Å². The van der Waals surface area contributed by atoms with E-state index in [2.05, 4.69) is 38.6 Å². The van der Waals surface area contributed by atoms with Crippen molar-refractivity contribution in [1.29, 1.82) is 0 Å². The number of nitrogens with zero attached hydrogens (tertiary/aromatic N) is 3. The van der Waals surface area contributed by atoms with E-state index in [9.17, 15) is 0 Å². The fraction of sp³-hybridized carbons (Fsp3) is 0.105. The van der Waals surface area contributed by atoms with Gasteiger partial charge in [-0.25, -0.2) is 9.97 Å². The van der Waals surface area contributed by atoms with Crippen LogP contribution in [0.1, 0.15) is 5.56 Å². The second-order valence-electron chi connectivity index (χ2n) is 5.78. The lowest BCUT2D eigenvalue weighted by Gasteiger charge is -2.11. The van der Waals surface area contributed by atoms with Crippen LogP contribution in [0.2, 0.25) is 0 Å². The van der Waals surface area contributed by atoms with E-state index in [0.717, 1.165) is 39.2 Å². The van der Waals surface area contributed by atoms with Crippen LogP contribution >= 0.6 is 0 Å². The Morgan fingerprint density at radius 1 is 1.08 bits per heavy atom. The van der Waals surface area contributed by atoms with Crippen molar-refractivity contribution in [2.45, 2.75) is 6.92 Å². The maximum absolute atomic E-state index is 4.71. The van der Waals surface area contributed by atoms with E-state index in [1.54, 1.807) is 12.4 Å². The maximum atomic E-state index is 4.71. The topological polar surface area (TPSA) is 78.5 Å². The predicted octanol–water partition coefficient (Wildman–Crippen LogP) is 4.11. The van der Waals surface area contributed by atoms with Crippen molar-refractivity contribution in [3.05, 3.63) is 60.6 Å². The third kappa shape index (κ3) is 2.89. The molecule has 0 aliphatic heterocycles. The molecule has 6 heteroatoms. The lowest BCUT2D eigenvalue weighted by molar-refractivity contribution is 1.20. The Morgan fingerprint density at radius 2 is 2.00 bits per heavy atom. The van der Waals surface area contributed by atoms with E-state index >= 15 is 0 Å². The molecule has 3 aromatic heterocycles. The van der Waals surface area contributed by atoms with Gasteiger partial charge in [-0.05, 0) is 48.9 Å². The monoisotopic (exact) mass is 330 g/mol. The number of pyridine rings is 1. The van der Waals surface area contributed by atoms with Gasteiger partial charge in [0.05, 0.1) is 11.0 Å². The summed E-state index contributed by atoms with van der Waals surface area (Å²) in [6, 6.07) is 12.0. The fourth-order valence-corrected chi connectivity index (χ4v) is 2.79. The van der Waals surface area contributed by atoms with Gasteiger partial charge in [0, 0.05) is 42.6 Å². The Balaban J connectivity index is 1.78. The van der Waals surface area contributed by atoms with Crippen molar-refractivity contribution < 1.29 is 0 Å². The zero-order valence-corrected chi connectivity index (χ0v) is 14.0. The van der Waals surface area contributed by atoms with Crippen molar-refractivity contribution in [2.75, 3.05) is 17.7 Å². The van der Waals surface area contributed by atoms with E-state index in [1.807, 2.05) is 43.6 Å². The number of rotatable bonds is 4. The molecule has 0 amide bonds. The van der Waals surface area contributed by atoms with Crippen molar-refractivity contribution >= 4 is 28.4 Å². The average molecular weight is 330 g/mol. The molecule has 0 bridgehead atoms. The molecule has 4 rings (SSSR count). The highest BCUT2D eigenvalue weighted by atomic mass is 15.1. The molecule has 0 atom stereocenters. The van der Waals surface area contributed by atoms with Gasteiger partial charge in [-0.15, -0.1) is 0 Å². The molecule has 0 radical (unpaired) electrons. The molecular weight excluding hydrogens is 312 g/mol. The molecule has 1 aromatic carbocycles. The SMILES string of the molecule is CNc1ccc(Nc2nc(-c3cccnc3)c3[nH]ccc3n2)c(C)c1. The van der Waals surface area contributed by atoms with E-state index in [-0.39, 0.29) is 0 Å². The summed E-state index contributed by atoms with van der Waals surface area (Å²) < 4.78 is 0. The molecule has 0 aliphatic carbocycles. The molecule has 25 heavy (non-hydrogen) atoms. The summed E-state index contributed by atoms with van der Waals surface area (Å²) in [4.78, 5) is 16.7. The number of benzene rings is 1. The zero-order valence-electron chi connectivity index (χ0n) is 14.0. The van der Waals surface area contributed by atoms with Crippen LogP contribution in [0.3, 0.4) is 0 Å². The molecule has 0 fully saturated rings. The predicted molar refractivity (Wildman–Crippen MR) is 101 cm³/mol. The molecule has 0 unspecified atom stereocenters. The Kier molecular flexibility index (Phi) is 3.78. The van der Waals surface area contributed by atoms with Crippen LogP contribution in [0.25, 0.3) is 22.3 Å². The minimum absolute atomic E-state index is 0.561. The molecule has 3 heterocycles. The number of nitrogens with one attached hydrogen (secondary N) is 3. The molecule has 6 nitrogen and oxygen atoms in total. The number of hydrogen-bond donors (Lipinski definition) is 3. The number of fused-ring (bicyclic) bond motifs is 1. The number of hydrogen-bond acceptors (Lipinski definition) is 5. The van der Waals surface area contributed by atoms with Gasteiger partial charge in [-0.3, -0.25) is 4.98 Å². The molecule has 3 N–H and O–H groups in total. The molecule has 0 saturated carbocycles. The first-order chi connectivity index (χ1) is 12.2. The van der Waals surface area contributed by atoms with Gasteiger partial charge in [0.25, 0.3) is 0 Å². The van der Waals surface area contributed by atoms with Crippen LogP contribution in [0, 0.1) is 6.92 Å². The Morgan fingerprint density at radius 3 is 2.76 bits per heavy atom. The second-order valence-corrected chi connectivity index (χ2v) is 5.78. The summed E-state index contributed by atoms with van der Waals surface area (Å²) in [5.74, 6) is 0.561. The highest BCUT2D eigenvalue weighted by Crippen LogP contribution is 2.28. The number of aromatic amines is 1. The molecule has 124 valence electrons. The number of aryl methyl sites for hydroxylation is 1. The Bertz CT molecular complexity index is 1020. The van der Waals surface area contributed by atoms with Crippen LogP contribution in [0.5, 0.6) is 0 Å². The van der Waals surface area contributed by atoms with E-state index < -0.39 is 0 Å². The standard InChI is InChI=1S/C19H18N6/c1-12-10-14(20-2)5-6-15(12)23-19-24-16-7-9-22-18(16)17(25-19)13-4-3-8-21-11-13/h3-11,20,22H,1-2H3,(H,23,24,25). The van der Waals surface area contributed by atoms with Crippen molar-refractivity contribution in [3.8, 4) is 11.3 Å². The highest BCUT2D eigenvalue weighted by molar-refractivity contribution is 5.90. The number of anilines is 3. The number of H-pyrrole nitrogens is 1. The lowest BCUT2D eigenvalue weighted by Crippen LogP contribution is -2.01. The zero-order chi connectivity index (χ0) is 17.2. The van der Waals surface area contributed by atoms with Gasteiger partial charge in [0.1, 0.15) is 5.69 Å². The molecule has 0 spiro atoms. The third-order valence-electron chi connectivity index (χ3n) is 4.10. The van der Waals surface area contributed by atoms with E-state index in [1.165, 1.54) is 0 Å². The second kappa shape index (κ2) is 6.24. The summed E-state index contributed by atoms with van der Waals surface area (Å²) in [5.41, 5.74) is 6.71. The van der Waals surface area contributed by atoms with Gasteiger partial charge >= 0.3 is 0 Å². The van der Waals surface area contributed by atoms with Crippen molar-refractivity contribution in [1.82, 2.24) is 19.9 Å². The molecule has 0 aliphatic rings. The van der Waals surface area contributed by atoms with Gasteiger partial charge in [0.15, 0.2) is 0 Å². The first-order valence-corrected chi connectivity index (χ1v) is 8.05. The van der Waals surface area contributed by atoms with Crippen molar-refractivity contribution in [2.24, 2.45) is 0 Å². The minimum atomic E-state index is 0.561. The molecular formula is C19H18N6. The van der Waals surface area contributed by atoms with Crippen LogP contribution in [0.4, 0.5) is 17.3 Å². The summed E-state index contributed by atoms with van der Waals surface area (Å²) in [6.45, 7) is 2.06. The quantitative estimate of drug-likeness (QED) is 0.525. The number of aromatic nitrogens is 4. The van der Waals surface area contributed by atoms with Crippen LogP contribution in [0.15, 0.2) is 55.0 Å². The first-order valence-electron chi connectivity index (χ1n) is 8.05. The minimum Gasteiger partial charge on any atom is -0.388 e. The summed E-state index contributed by atoms with van der Waals surface area (Å²) in [6.07, 6.45) is 5.43.